The number of rotatable bonds is 14. The number of nitro benzene ring substituents is 2. The van der Waals surface area contributed by atoms with Crippen LogP contribution in [0.3, 0.4) is 0 Å². The number of alkyl halides is 1. The third-order valence-corrected chi connectivity index (χ3v) is 11.0. The fourth-order valence-electron chi connectivity index (χ4n) is 6.92. The van der Waals surface area contributed by atoms with Crippen LogP contribution in [0.5, 0.6) is 0 Å². The van der Waals surface area contributed by atoms with Crippen molar-refractivity contribution < 1.29 is 53.1 Å². The maximum Gasteiger partial charge on any atom is 0.410 e. The number of carboxylic acids is 1. The van der Waals surface area contributed by atoms with Gasteiger partial charge in [-0.25, -0.2) is 18.8 Å². The summed E-state index contributed by atoms with van der Waals surface area (Å²) in [6, 6.07) is 9.51. The number of benzene rings is 2. The van der Waals surface area contributed by atoms with Crippen LogP contribution in [0, 0.1) is 32.1 Å². The first kappa shape index (κ1) is 38.9. The van der Waals surface area contributed by atoms with Crippen LogP contribution in [0.15, 0.2) is 59.1 Å². The number of amides is 3. The number of carbonyl (C=O) groups is 4. The van der Waals surface area contributed by atoms with Gasteiger partial charge >= 0.3 is 18.2 Å². The van der Waals surface area contributed by atoms with Crippen molar-refractivity contribution in [1.82, 2.24) is 14.7 Å². The summed E-state index contributed by atoms with van der Waals surface area (Å²) in [4.78, 5) is 76.0. The second-order valence-corrected chi connectivity index (χ2v) is 14.6. The molecule has 2 saturated heterocycles. The molecule has 5 rings (SSSR count). The van der Waals surface area contributed by atoms with Crippen LogP contribution < -0.4 is 0 Å². The number of nitrogens with zero attached hydrogens (tertiary/aromatic N) is 5. The summed E-state index contributed by atoms with van der Waals surface area (Å²) in [6.45, 7) is 2.45. The Labute approximate surface area is 306 Å². The number of non-ortho nitro benzene ring substituents is 2. The average Bonchev–Trinajstić information content (AvgIpc) is 3.61. The van der Waals surface area contributed by atoms with Crippen LogP contribution in [0.25, 0.3) is 0 Å². The zero-order valence-electron chi connectivity index (χ0n) is 28.9. The Morgan fingerprint density at radius 2 is 1.57 bits per heavy atom. The molecule has 17 nitrogen and oxygen atoms in total. The molecule has 2 N–H and O–H groups in total. The van der Waals surface area contributed by atoms with E-state index in [9.17, 15) is 49.6 Å². The molecule has 19 heteroatoms. The molecule has 7 atom stereocenters. The highest BCUT2D eigenvalue weighted by atomic mass is 32.2. The summed E-state index contributed by atoms with van der Waals surface area (Å²) in [5.41, 5.74) is 0.509. The van der Waals surface area contributed by atoms with Crippen molar-refractivity contribution in [2.24, 2.45) is 11.8 Å². The molecule has 53 heavy (non-hydrogen) atoms. The fourth-order valence-corrected chi connectivity index (χ4v) is 8.48. The lowest BCUT2D eigenvalue weighted by molar-refractivity contribution is -0.385. The van der Waals surface area contributed by atoms with Gasteiger partial charge in [-0.3, -0.25) is 25.0 Å². The van der Waals surface area contributed by atoms with Gasteiger partial charge in [0.15, 0.2) is 0 Å². The minimum atomic E-state index is -1.64. The second kappa shape index (κ2) is 16.2. The summed E-state index contributed by atoms with van der Waals surface area (Å²) < 4.78 is 26.4. The van der Waals surface area contributed by atoms with E-state index < -0.39 is 81.9 Å². The van der Waals surface area contributed by atoms with E-state index in [2.05, 4.69) is 0 Å². The molecule has 0 aliphatic carbocycles. The molecule has 2 fully saturated rings. The van der Waals surface area contributed by atoms with Gasteiger partial charge in [0.1, 0.15) is 25.1 Å². The standard InChI is InChI=1S/C34H38FN5O12S/c1-18-28-27(19(2)41)31(42)38(28)29(32(43)44)30(18)53-26-13-25(37(15-26)34(46)52-17-21-6-10-24(11-7-21)40(49)50)12-22(35)14-36(3)33(45)51-16-20-4-8-23(9-5-20)39(47)48/h4-11,18-19,22,25-28,41H,12-17H2,1-3H3,(H,43,44)/t18-,19-,22?,25-,26+,27-,28-/m1/s1. The van der Waals surface area contributed by atoms with Crippen LogP contribution in [-0.2, 0) is 32.3 Å². The van der Waals surface area contributed by atoms with Gasteiger partial charge in [-0.05, 0) is 48.7 Å². The Kier molecular flexibility index (Phi) is 11.9. The number of hydrogen-bond acceptors (Lipinski definition) is 12. The van der Waals surface area contributed by atoms with E-state index in [4.69, 9.17) is 9.47 Å². The predicted molar refractivity (Wildman–Crippen MR) is 185 cm³/mol. The number of aliphatic hydroxyl groups excluding tert-OH is 1. The number of carboxylic acid groups (broad SMARTS) is 1. The zero-order chi connectivity index (χ0) is 38.7. The molecule has 0 radical (unpaired) electrons. The molecule has 0 spiro atoms. The topological polar surface area (TPSA) is 223 Å². The van der Waals surface area contributed by atoms with Crippen LogP contribution in [0.4, 0.5) is 25.4 Å². The Bertz CT molecular complexity index is 1790. The number of likely N-dealkylation sites (tertiary alicyclic amines) is 1. The van der Waals surface area contributed by atoms with Crippen molar-refractivity contribution in [3.8, 4) is 0 Å². The highest BCUT2D eigenvalue weighted by molar-refractivity contribution is 8.03. The number of thioether (sulfide) groups is 1. The molecule has 3 aliphatic heterocycles. The van der Waals surface area contributed by atoms with E-state index in [1.54, 1.807) is 6.92 Å². The molecular weight excluding hydrogens is 721 g/mol. The summed E-state index contributed by atoms with van der Waals surface area (Å²) in [5, 5.41) is 41.7. The van der Waals surface area contributed by atoms with Gasteiger partial charge in [0.2, 0.25) is 5.91 Å². The van der Waals surface area contributed by atoms with Crippen molar-refractivity contribution in [3.63, 3.8) is 0 Å². The molecule has 1 unspecified atom stereocenters. The molecule has 0 aromatic heterocycles. The summed E-state index contributed by atoms with van der Waals surface area (Å²) >= 11 is 1.18. The van der Waals surface area contributed by atoms with Crippen molar-refractivity contribution in [1.29, 1.82) is 0 Å². The van der Waals surface area contributed by atoms with Gasteiger partial charge in [0.05, 0.1) is 34.5 Å². The number of halogens is 1. The van der Waals surface area contributed by atoms with Crippen LogP contribution in [0.2, 0.25) is 0 Å². The van der Waals surface area contributed by atoms with E-state index in [1.807, 2.05) is 0 Å². The van der Waals surface area contributed by atoms with E-state index >= 15 is 4.39 Å². The first-order valence-corrected chi connectivity index (χ1v) is 17.5. The van der Waals surface area contributed by atoms with Crippen molar-refractivity contribution in [3.05, 3.63) is 90.5 Å². The number of carbonyl (C=O) groups excluding carboxylic acids is 3. The summed E-state index contributed by atoms with van der Waals surface area (Å²) in [7, 11) is 1.33. The van der Waals surface area contributed by atoms with Crippen LogP contribution in [0.1, 0.15) is 37.8 Å². The van der Waals surface area contributed by atoms with Crippen LogP contribution in [-0.4, -0.2) is 109 Å². The van der Waals surface area contributed by atoms with Gasteiger partial charge in [0.25, 0.3) is 11.4 Å². The number of ether oxygens (including phenoxy) is 2. The molecular formula is C34H38FN5O12S. The number of aliphatic carboxylic acids is 1. The highest BCUT2D eigenvalue weighted by Gasteiger charge is 2.60. The molecule has 3 aliphatic rings. The van der Waals surface area contributed by atoms with E-state index in [0.29, 0.717) is 16.0 Å². The number of nitro groups is 2. The first-order valence-electron chi connectivity index (χ1n) is 16.6. The number of hydrogen-bond donors (Lipinski definition) is 2. The van der Waals surface area contributed by atoms with Crippen LogP contribution >= 0.6 is 11.8 Å². The quantitative estimate of drug-likeness (QED) is 0.154. The van der Waals surface area contributed by atoms with Crippen molar-refractivity contribution >= 4 is 47.2 Å². The molecule has 284 valence electrons. The lowest BCUT2D eigenvalue weighted by Gasteiger charge is -2.46. The molecule has 0 bridgehead atoms. The minimum absolute atomic E-state index is 0.0375. The second-order valence-electron chi connectivity index (χ2n) is 13.2. The van der Waals surface area contributed by atoms with Crippen molar-refractivity contribution in [2.45, 2.75) is 69.5 Å². The normalized spacial score (nSPS) is 23.2. The zero-order valence-corrected chi connectivity index (χ0v) is 29.7. The lowest BCUT2D eigenvalue weighted by Crippen LogP contribution is -2.63. The Hall–Kier alpha value is -5.30. The minimum Gasteiger partial charge on any atom is -0.477 e. The highest BCUT2D eigenvalue weighted by Crippen LogP contribution is 2.52. The molecule has 3 heterocycles. The van der Waals surface area contributed by atoms with Gasteiger partial charge in [-0.15, -0.1) is 11.8 Å². The van der Waals surface area contributed by atoms with Gasteiger partial charge < -0.3 is 34.4 Å². The maximum atomic E-state index is 15.7. The molecule has 0 saturated carbocycles. The number of aliphatic hydroxyl groups is 1. The maximum absolute atomic E-state index is 15.7. The van der Waals surface area contributed by atoms with Gasteiger partial charge in [-0.2, -0.15) is 0 Å². The Morgan fingerprint density at radius 3 is 2.08 bits per heavy atom. The first-order chi connectivity index (χ1) is 25.1. The SMILES string of the molecule is C[C@@H](O)[C@H]1C(=O)N2C(C(=O)O)=C(S[C@H]3C[C@@H](CC(F)CN(C)C(=O)OCc4ccc([N+](=O)[O-])cc4)N(C(=O)OCc4ccc([N+](=O)[O-])cc4)C3)[C@H](C)[C@H]12. The summed E-state index contributed by atoms with van der Waals surface area (Å²) in [5.74, 6) is -2.98. The van der Waals surface area contributed by atoms with Gasteiger partial charge in [0, 0.05) is 66.4 Å². The number of β-lactam (4-membered cyclic amide) rings is 1. The summed E-state index contributed by atoms with van der Waals surface area (Å²) in [6.07, 6.45) is -4.27. The third kappa shape index (κ3) is 8.51. The Morgan fingerprint density at radius 1 is 1.02 bits per heavy atom. The smallest absolute Gasteiger partial charge is 0.410 e. The molecule has 2 aromatic rings. The van der Waals surface area contributed by atoms with E-state index in [-0.39, 0.29) is 49.7 Å². The largest absolute Gasteiger partial charge is 0.477 e. The van der Waals surface area contributed by atoms with E-state index in [1.165, 1.54) is 84.1 Å². The average molecular weight is 760 g/mol. The lowest BCUT2D eigenvalue weighted by atomic mass is 9.79. The monoisotopic (exact) mass is 759 g/mol. The molecule has 3 amide bonds. The van der Waals surface area contributed by atoms with Gasteiger partial charge in [-0.1, -0.05) is 6.92 Å². The fraction of sp³-hybridized carbons (Fsp3) is 0.471. The number of fused-ring (bicyclic) bond motifs is 1. The third-order valence-electron chi connectivity index (χ3n) is 9.55. The predicted octanol–water partition coefficient (Wildman–Crippen LogP) is 4.47. The van der Waals surface area contributed by atoms with E-state index in [0.717, 1.165) is 4.90 Å². The molecule has 2 aromatic carbocycles. The Balaban J connectivity index is 1.26. The van der Waals surface area contributed by atoms with Crippen molar-refractivity contribution in [2.75, 3.05) is 20.1 Å².